The maximum atomic E-state index is 13.3. The van der Waals surface area contributed by atoms with E-state index in [9.17, 15) is 33.6 Å². The van der Waals surface area contributed by atoms with Gasteiger partial charge in [0.1, 0.15) is 32.0 Å². The Morgan fingerprint density at radius 1 is 0.438 bits per heavy atom. The second-order valence-corrected chi connectivity index (χ2v) is 19.8. The number of hydrogen-bond acceptors (Lipinski definition) is 14. The lowest BCUT2D eigenvalue weighted by atomic mass is 9.87. The van der Waals surface area contributed by atoms with E-state index >= 15 is 0 Å². The number of unbranched alkanes of at least 4 members (excludes halogenated alkanes) is 6. The molecule has 1 amide bonds. The third kappa shape index (κ3) is 27.4. The van der Waals surface area contributed by atoms with Gasteiger partial charge in [0.15, 0.2) is 12.2 Å². The molecule has 0 heterocycles. The number of carbonyl (C=O) groups excluding carboxylic acids is 7. The van der Waals surface area contributed by atoms with Crippen molar-refractivity contribution in [2.24, 2.45) is 16.2 Å². The molecule has 0 aliphatic heterocycles. The minimum atomic E-state index is -1.05. The minimum absolute atomic E-state index is 0.0746. The number of rotatable bonds is 34. The molecular weight excluding hydrogens is 827 g/mol. The van der Waals surface area contributed by atoms with Gasteiger partial charge in [-0.1, -0.05) is 85.5 Å². The zero-order chi connectivity index (χ0) is 49.0. The SMILES string of the molecule is CCCCCC(C)(C)C(=O)OCC(COC(=O)CC)OC(=O)CCCN(CCCC(=O)OC(COC(=O)C(C)(C)CCCCC)COC(=O)C(C)(C)CCCCC)C(=O)OC(C)(C)C. The molecule has 15 nitrogen and oxygen atoms in total. The number of ether oxygens (including phenoxy) is 7. The van der Waals surface area contributed by atoms with E-state index in [1.807, 2.05) is 27.7 Å². The first kappa shape index (κ1) is 60.1. The van der Waals surface area contributed by atoms with Crippen molar-refractivity contribution < 1.29 is 66.7 Å². The lowest BCUT2D eigenvalue weighted by Crippen LogP contribution is -2.39. The van der Waals surface area contributed by atoms with Crippen molar-refractivity contribution in [3.05, 3.63) is 0 Å². The van der Waals surface area contributed by atoms with Crippen LogP contribution in [0.2, 0.25) is 0 Å². The van der Waals surface area contributed by atoms with Crippen molar-refractivity contribution in [2.75, 3.05) is 39.5 Å². The molecule has 0 saturated heterocycles. The van der Waals surface area contributed by atoms with E-state index in [4.69, 9.17) is 33.2 Å². The molecule has 1 unspecified atom stereocenters. The summed E-state index contributed by atoms with van der Waals surface area (Å²) >= 11 is 0. The fraction of sp³-hybridized carbons (Fsp3) is 0.857. The van der Waals surface area contributed by atoms with Crippen LogP contribution in [-0.4, -0.2) is 104 Å². The molecule has 64 heavy (non-hydrogen) atoms. The zero-order valence-electron chi connectivity index (χ0n) is 42.1. The van der Waals surface area contributed by atoms with Crippen LogP contribution in [0.5, 0.6) is 0 Å². The third-order valence-electron chi connectivity index (χ3n) is 10.7. The van der Waals surface area contributed by atoms with E-state index in [2.05, 4.69) is 20.8 Å². The molecule has 0 bridgehead atoms. The number of nitrogens with zero attached hydrogens (tertiary/aromatic N) is 1. The van der Waals surface area contributed by atoms with Gasteiger partial charge in [0.25, 0.3) is 0 Å². The number of esters is 6. The van der Waals surface area contributed by atoms with Crippen molar-refractivity contribution in [1.29, 1.82) is 0 Å². The summed E-state index contributed by atoms with van der Waals surface area (Å²) in [5.74, 6) is -3.12. The van der Waals surface area contributed by atoms with Gasteiger partial charge in [-0.05, 0) is 94.4 Å². The number of carbonyl (C=O) groups is 7. The van der Waals surface area contributed by atoms with Crippen LogP contribution >= 0.6 is 0 Å². The fourth-order valence-corrected chi connectivity index (χ4v) is 6.31. The highest BCUT2D eigenvalue weighted by Gasteiger charge is 2.34. The van der Waals surface area contributed by atoms with Gasteiger partial charge in [0.2, 0.25) is 0 Å². The fourth-order valence-electron chi connectivity index (χ4n) is 6.31. The molecule has 0 aromatic rings. The first-order valence-corrected chi connectivity index (χ1v) is 23.9. The summed E-state index contributed by atoms with van der Waals surface area (Å²) in [7, 11) is 0. The average Bonchev–Trinajstić information content (AvgIpc) is 3.20. The van der Waals surface area contributed by atoms with Crippen LogP contribution in [0.3, 0.4) is 0 Å². The Morgan fingerprint density at radius 3 is 1.06 bits per heavy atom. The lowest BCUT2D eigenvalue weighted by molar-refractivity contribution is -0.173. The summed E-state index contributed by atoms with van der Waals surface area (Å²) in [6.07, 6.45) is 7.91. The first-order chi connectivity index (χ1) is 29.8. The molecule has 0 radical (unpaired) electrons. The van der Waals surface area contributed by atoms with E-state index < -0.39 is 76.0 Å². The molecule has 0 aromatic carbocycles. The lowest BCUT2D eigenvalue weighted by Gasteiger charge is -2.28. The summed E-state index contributed by atoms with van der Waals surface area (Å²) in [4.78, 5) is 91.9. The van der Waals surface area contributed by atoms with Crippen LogP contribution in [0.15, 0.2) is 0 Å². The van der Waals surface area contributed by atoms with E-state index in [0.29, 0.717) is 19.3 Å². The van der Waals surface area contributed by atoms with Crippen molar-refractivity contribution in [3.63, 3.8) is 0 Å². The molecule has 1 atom stereocenters. The van der Waals surface area contributed by atoms with Crippen molar-refractivity contribution >= 4 is 41.9 Å². The van der Waals surface area contributed by atoms with Crippen LogP contribution in [0.25, 0.3) is 0 Å². The van der Waals surface area contributed by atoms with Gasteiger partial charge in [-0.15, -0.1) is 0 Å². The standard InChI is InChI=1S/C49H87NO14/c1-14-18-21-28-47(8,9)42(54)59-34-37(33-58-39(51)17-4)62-40(52)26-24-31-50(45(57)64-46(5,6)7)32-25-27-41(53)63-38(35-60-43(55)48(10,11)29-22-19-15-2)36-61-44(56)49(12,13)30-23-20-16-3/h37-38H,14-36H2,1-13H3. The van der Waals surface area contributed by atoms with E-state index in [1.165, 1.54) is 4.90 Å². The van der Waals surface area contributed by atoms with Crippen LogP contribution < -0.4 is 0 Å². The van der Waals surface area contributed by atoms with Gasteiger partial charge >= 0.3 is 41.9 Å². The Balaban J connectivity index is 5.72. The summed E-state index contributed by atoms with van der Waals surface area (Å²) in [6.45, 7) is 22.8. The highest BCUT2D eigenvalue weighted by molar-refractivity contribution is 5.77. The second-order valence-electron chi connectivity index (χ2n) is 19.8. The quantitative estimate of drug-likeness (QED) is 0.0337. The summed E-state index contributed by atoms with van der Waals surface area (Å²) in [5, 5.41) is 0. The smallest absolute Gasteiger partial charge is 0.410 e. The highest BCUT2D eigenvalue weighted by Crippen LogP contribution is 2.28. The Labute approximate surface area is 385 Å². The van der Waals surface area contributed by atoms with Gasteiger partial charge in [0.05, 0.1) is 16.2 Å². The number of amides is 1. The average molecular weight is 914 g/mol. The Bertz CT molecular complexity index is 1380. The molecule has 0 N–H and O–H groups in total. The Hall–Kier alpha value is -3.91. The van der Waals surface area contributed by atoms with Crippen molar-refractivity contribution in [1.82, 2.24) is 4.90 Å². The van der Waals surface area contributed by atoms with Crippen LogP contribution in [0, 0.1) is 16.2 Å². The zero-order valence-corrected chi connectivity index (χ0v) is 42.1. The van der Waals surface area contributed by atoms with Gasteiger partial charge in [-0.2, -0.15) is 0 Å². The molecule has 15 heteroatoms. The minimum Gasteiger partial charge on any atom is -0.462 e. The van der Waals surface area contributed by atoms with E-state index in [-0.39, 0.29) is 71.6 Å². The molecular formula is C49H87NO14. The van der Waals surface area contributed by atoms with E-state index in [0.717, 1.165) is 57.8 Å². The van der Waals surface area contributed by atoms with Gasteiger partial charge < -0.3 is 38.1 Å². The second kappa shape index (κ2) is 31.1. The molecule has 0 rings (SSSR count). The van der Waals surface area contributed by atoms with Crippen LogP contribution in [0.1, 0.15) is 199 Å². The predicted octanol–water partition coefficient (Wildman–Crippen LogP) is 10.0. The summed E-state index contributed by atoms with van der Waals surface area (Å²) in [6, 6.07) is 0. The molecule has 0 aromatic heterocycles. The number of hydrogen-bond donors (Lipinski definition) is 0. The first-order valence-electron chi connectivity index (χ1n) is 23.9. The topological polar surface area (TPSA) is 187 Å². The highest BCUT2D eigenvalue weighted by atomic mass is 16.6. The third-order valence-corrected chi connectivity index (χ3v) is 10.7. The summed E-state index contributed by atoms with van der Waals surface area (Å²) < 4.78 is 38.9. The molecule has 0 aliphatic rings. The molecule has 0 fully saturated rings. The maximum absolute atomic E-state index is 13.3. The largest absolute Gasteiger partial charge is 0.462 e. The molecule has 0 aliphatic carbocycles. The maximum Gasteiger partial charge on any atom is 0.410 e. The molecule has 0 saturated carbocycles. The summed E-state index contributed by atoms with van der Waals surface area (Å²) in [5.41, 5.74) is -3.08. The monoisotopic (exact) mass is 914 g/mol. The van der Waals surface area contributed by atoms with Crippen molar-refractivity contribution in [3.8, 4) is 0 Å². The van der Waals surface area contributed by atoms with Gasteiger partial charge in [-0.25, -0.2) is 4.79 Å². The Kier molecular flexibility index (Phi) is 29.2. The van der Waals surface area contributed by atoms with Gasteiger partial charge in [0, 0.05) is 32.4 Å². The molecule has 372 valence electrons. The van der Waals surface area contributed by atoms with E-state index in [1.54, 1.807) is 41.5 Å². The Morgan fingerprint density at radius 2 is 0.766 bits per heavy atom. The van der Waals surface area contributed by atoms with Crippen LogP contribution in [-0.2, 0) is 61.9 Å². The van der Waals surface area contributed by atoms with Crippen LogP contribution in [0.4, 0.5) is 4.79 Å². The molecule has 0 spiro atoms. The normalized spacial score (nSPS) is 12.5. The van der Waals surface area contributed by atoms with Gasteiger partial charge in [-0.3, -0.25) is 28.8 Å². The van der Waals surface area contributed by atoms with Crippen molar-refractivity contribution in [2.45, 2.75) is 217 Å². The predicted molar refractivity (Wildman–Crippen MR) is 244 cm³/mol.